The lowest BCUT2D eigenvalue weighted by molar-refractivity contribution is 0.0285. The molecule has 23 heavy (non-hydrogen) atoms. The molecule has 2 heterocycles. The van der Waals surface area contributed by atoms with E-state index in [4.69, 9.17) is 9.72 Å². The Morgan fingerprint density at radius 3 is 2.87 bits per heavy atom. The quantitative estimate of drug-likeness (QED) is 0.903. The molecule has 0 radical (unpaired) electrons. The van der Waals surface area contributed by atoms with E-state index >= 15 is 0 Å². The summed E-state index contributed by atoms with van der Waals surface area (Å²) < 4.78 is 5.50. The predicted molar refractivity (Wildman–Crippen MR) is 89.7 cm³/mol. The van der Waals surface area contributed by atoms with Crippen LogP contribution < -0.4 is 0 Å². The average molecular weight is 319 g/mol. The number of aromatic amines is 1. The van der Waals surface area contributed by atoms with Crippen LogP contribution in [-0.2, 0) is 16.6 Å². The molecule has 1 amide bonds. The minimum Gasteiger partial charge on any atom is -0.444 e. The molecular formula is C18H29N3O2. The highest BCUT2D eigenvalue weighted by atomic mass is 16.6. The molecule has 5 heteroatoms. The molecule has 128 valence electrons. The fraction of sp³-hybridized carbons (Fsp3) is 0.778. The number of carbonyl (C=O) groups excluding carboxylic acids is 1. The number of hydrogen-bond acceptors (Lipinski definition) is 3. The van der Waals surface area contributed by atoms with Crippen LogP contribution in [0.2, 0.25) is 0 Å². The monoisotopic (exact) mass is 319 g/mol. The Bertz CT molecular complexity index is 602. The van der Waals surface area contributed by atoms with E-state index in [2.05, 4.69) is 18.8 Å². The van der Waals surface area contributed by atoms with E-state index in [0.29, 0.717) is 12.5 Å². The van der Waals surface area contributed by atoms with Crippen molar-refractivity contribution in [2.45, 2.75) is 77.2 Å². The van der Waals surface area contributed by atoms with E-state index in [1.54, 1.807) is 0 Å². The molecule has 1 aromatic heterocycles. The Kier molecular flexibility index (Phi) is 3.93. The van der Waals surface area contributed by atoms with Crippen LogP contribution in [0.5, 0.6) is 0 Å². The maximum atomic E-state index is 12.3. The summed E-state index contributed by atoms with van der Waals surface area (Å²) >= 11 is 0. The van der Waals surface area contributed by atoms with Crippen molar-refractivity contribution in [2.24, 2.45) is 0 Å². The maximum Gasteiger partial charge on any atom is 0.410 e. The molecule has 0 spiro atoms. The molecule has 2 aliphatic rings. The Balaban J connectivity index is 1.73. The van der Waals surface area contributed by atoms with Crippen LogP contribution in [0.25, 0.3) is 0 Å². The van der Waals surface area contributed by atoms with Crippen LogP contribution >= 0.6 is 0 Å². The third kappa shape index (κ3) is 3.10. The standard InChI is InChI=1S/C18H29N3O2/c1-6-12-7-8-13-14(12)20-15(19-13)18(5)9-10-21(11-18)16(22)23-17(2,3)4/h12H,6-11H2,1-5H3,(H,19,20). The molecule has 1 N–H and O–H groups in total. The highest BCUT2D eigenvalue weighted by Crippen LogP contribution is 2.39. The second kappa shape index (κ2) is 5.53. The Labute approximate surface area is 138 Å². The number of aryl methyl sites for hydroxylation is 1. The van der Waals surface area contributed by atoms with Crippen molar-refractivity contribution in [3.8, 4) is 0 Å². The zero-order valence-electron chi connectivity index (χ0n) is 15.0. The SMILES string of the molecule is CCC1CCc2[nH]c(C3(C)CCN(C(=O)OC(C)(C)C)C3)nc21. The normalized spacial score (nSPS) is 27.3. The molecule has 0 saturated carbocycles. The number of carbonyl (C=O) groups is 1. The van der Waals surface area contributed by atoms with Gasteiger partial charge in [0, 0.05) is 30.1 Å². The van der Waals surface area contributed by atoms with Crippen molar-refractivity contribution in [1.29, 1.82) is 0 Å². The first-order valence-corrected chi connectivity index (χ1v) is 8.79. The van der Waals surface area contributed by atoms with Crippen molar-refractivity contribution < 1.29 is 9.53 Å². The fourth-order valence-corrected chi connectivity index (χ4v) is 3.73. The molecule has 1 aromatic rings. The number of imidazole rings is 1. The van der Waals surface area contributed by atoms with Crippen LogP contribution in [0.1, 0.15) is 77.0 Å². The average Bonchev–Trinajstić information content (AvgIpc) is 3.09. The molecule has 0 aromatic carbocycles. The maximum absolute atomic E-state index is 12.3. The Morgan fingerprint density at radius 2 is 2.22 bits per heavy atom. The summed E-state index contributed by atoms with van der Waals surface area (Å²) in [5.41, 5.74) is 2.03. The van der Waals surface area contributed by atoms with E-state index in [9.17, 15) is 4.79 Å². The van der Waals surface area contributed by atoms with Crippen molar-refractivity contribution in [3.05, 3.63) is 17.2 Å². The number of nitrogens with zero attached hydrogens (tertiary/aromatic N) is 2. The van der Waals surface area contributed by atoms with Gasteiger partial charge in [-0.2, -0.15) is 0 Å². The molecule has 1 saturated heterocycles. The zero-order valence-corrected chi connectivity index (χ0v) is 15.0. The highest BCUT2D eigenvalue weighted by Gasteiger charge is 2.42. The first-order chi connectivity index (χ1) is 10.7. The van der Waals surface area contributed by atoms with Crippen molar-refractivity contribution in [2.75, 3.05) is 13.1 Å². The second-order valence-corrected chi connectivity index (χ2v) is 8.31. The highest BCUT2D eigenvalue weighted by molar-refractivity contribution is 5.68. The summed E-state index contributed by atoms with van der Waals surface area (Å²) in [6.07, 6.45) is 4.18. The third-order valence-electron chi connectivity index (χ3n) is 5.13. The van der Waals surface area contributed by atoms with Gasteiger partial charge < -0.3 is 14.6 Å². The van der Waals surface area contributed by atoms with E-state index in [-0.39, 0.29) is 11.5 Å². The minimum absolute atomic E-state index is 0.0977. The van der Waals surface area contributed by atoms with Gasteiger partial charge in [0.1, 0.15) is 11.4 Å². The number of H-pyrrole nitrogens is 1. The molecule has 1 aliphatic carbocycles. The summed E-state index contributed by atoms with van der Waals surface area (Å²) in [6, 6.07) is 0. The number of fused-ring (bicyclic) bond motifs is 1. The van der Waals surface area contributed by atoms with Gasteiger partial charge >= 0.3 is 6.09 Å². The van der Waals surface area contributed by atoms with Crippen molar-refractivity contribution in [3.63, 3.8) is 0 Å². The number of amides is 1. The summed E-state index contributed by atoms with van der Waals surface area (Å²) in [6.45, 7) is 11.5. The summed E-state index contributed by atoms with van der Waals surface area (Å²) in [5.74, 6) is 1.65. The number of hydrogen-bond donors (Lipinski definition) is 1. The van der Waals surface area contributed by atoms with Gasteiger partial charge in [0.15, 0.2) is 0 Å². The lowest BCUT2D eigenvalue weighted by atomic mass is 9.89. The molecule has 2 atom stereocenters. The van der Waals surface area contributed by atoms with Gasteiger partial charge in [-0.25, -0.2) is 9.78 Å². The lowest BCUT2D eigenvalue weighted by Crippen LogP contribution is -2.37. The fourth-order valence-electron chi connectivity index (χ4n) is 3.73. The van der Waals surface area contributed by atoms with Gasteiger partial charge in [-0.3, -0.25) is 0 Å². The van der Waals surface area contributed by atoms with Gasteiger partial charge in [-0.15, -0.1) is 0 Å². The molecule has 2 unspecified atom stereocenters. The molecule has 1 aliphatic heterocycles. The largest absolute Gasteiger partial charge is 0.444 e. The number of nitrogens with one attached hydrogen (secondary N) is 1. The van der Waals surface area contributed by atoms with Crippen LogP contribution in [0, 0.1) is 0 Å². The number of likely N-dealkylation sites (tertiary alicyclic amines) is 1. The number of ether oxygens (including phenoxy) is 1. The molecule has 0 bridgehead atoms. The van der Waals surface area contributed by atoms with Gasteiger partial charge in [-0.1, -0.05) is 13.8 Å². The lowest BCUT2D eigenvalue weighted by Gasteiger charge is -2.26. The van der Waals surface area contributed by atoms with Gasteiger partial charge in [0.05, 0.1) is 5.69 Å². The zero-order chi connectivity index (χ0) is 16.8. The summed E-state index contributed by atoms with van der Waals surface area (Å²) in [5, 5.41) is 0. The molecular weight excluding hydrogens is 290 g/mol. The third-order valence-corrected chi connectivity index (χ3v) is 5.13. The topological polar surface area (TPSA) is 58.2 Å². The molecule has 5 nitrogen and oxygen atoms in total. The van der Waals surface area contributed by atoms with E-state index in [1.807, 2.05) is 25.7 Å². The van der Waals surface area contributed by atoms with Crippen LogP contribution in [0.15, 0.2) is 0 Å². The minimum atomic E-state index is -0.448. The number of aromatic nitrogens is 2. The van der Waals surface area contributed by atoms with E-state index in [1.165, 1.54) is 17.8 Å². The second-order valence-electron chi connectivity index (χ2n) is 8.31. The first-order valence-electron chi connectivity index (χ1n) is 8.79. The van der Waals surface area contributed by atoms with Gasteiger partial charge in [-0.05, 0) is 46.5 Å². The van der Waals surface area contributed by atoms with E-state index in [0.717, 1.165) is 31.6 Å². The van der Waals surface area contributed by atoms with Crippen molar-refractivity contribution >= 4 is 6.09 Å². The summed E-state index contributed by atoms with van der Waals surface area (Å²) in [7, 11) is 0. The van der Waals surface area contributed by atoms with Gasteiger partial charge in [0.2, 0.25) is 0 Å². The molecule has 3 rings (SSSR count). The van der Waals surface area contributed by atoms with E-state index < -0.39 is 5.60 Å². The van der Waals surface area contributed by atoms with Crippen LogP contribution in [0.3, 0.4) is 0 Å². The van der Waals surface area contributed by atoms with Crippen LogP contribution in [-0.4, -0.2) is 39.7 Å². The van der Waals surface area contributed by atoms with Crippen molar-refractivity contribution in [1.82, 2.24) is 14.9 Å². The first kappa shape index (κ1) is 16.3. The van der Waals surface area contributed by atoms with Crippen LogP contribution in [0.4, 0.5) is 4.79 Å². The Hall–Kier alpha value is -1.52. The Morgan fingerprint density at radius 1 is 1.48 bits per heavy atom. The number of rotatable bonds is 2. The molecule has 1 fully saturated rings. The smallest absolute Gasteiger partial charge is 0.410 e. The predicted octanol–water partition coefficient (Wildman–Crippen LogP) is 3.75. The van der Waals surface area contributed by atoms with Gasteiger partial charge in [0.25, 0.3) is 0 Å². The summed E-state index contributed by atoms with van der Waals surface area (Å²) in [4.78, 5) is 22.6.